The van der Waals surface area contributed by atoms with Gasteiger partial charge in [-0.1, -0.05) is 39.0 Å². The number of urea groups is 1. The van der Waals surface area contributed by atoms with Crippen molar-refractivity contribution < 1.29 is 14.3 Å². The molecular weight excluding hydrogens is 318 g/mol. The van der Waals surface area contributed by atoms with Crippen LogP contribution in [0.3, 0.4) is 0 Å². The highest BCUT2D eigenvalue weighted by molar-refractivity contribution is 5.93. The average molecular weight is 341 g/mol. The standard InChI is InChI=1S/C19H23N3O3/c1-19(2,3)13-7-9-16(10-8-13)25-12-17(23)21-14-5-4-6-15(11-14)22-18(20)24/h4-11H,12H2,1-3H3,(H,21,23)(H3,20,22,24). The summed E-state index contributed by atoms with van der Waals surface area (Å²) in [6.07, 6.45) is 0. The lowest BCUT2D eigenvalue weighted by Gasteiger charge is -2.19. The number of hydrogen-bond acceptors (Lipinski definition) is 3. The van der Waals surface area contributed by atoms with Crippen molar-refractivity contribution in [1.82, 2.24) is 0 Å². The van der Waals surface area contributed by atoms with Gasteiger partial charge in [0.1, 0.15) is 5.75 Å². The molecule has 0 unspecified atom stereocenters. The van der Waals surface area contributed by atoms with Crippen LogP contribution < -0.4 is 21.1 Å². The predicted molar refractivity (Wildman–Crippen MR) is 98.9 cm³/mol. The van der Waals surface area contributed by atoms with Gasteiger partial charge in [-0.2, -0.15) is 0 Å². The van der Waals surface area contributed by atoms with Crippen molar-refractivity contribution in [2.24, 2.45) is 5.73 Å². The highest BCUT2D eigenvalue weighted by Crippen LogP contribution is 2.24. The molecule has 0 radical (unpaired) electrons. The van der Waals surface area contributed by atoms with E-state index in [0.29, 0.717) is 17.1 Å². The van der Waals surface area contributed by atoms with Gasteiger partial charge in [0.2, 0.25) is 0 Å². The van der Waals surface area contributed by atoms with E-state index in [1.807, 2.05) is 24.3 Å². The Morgan fingerprint density at radius 2 is 1.60 bits per heavy atom. The molecule has 0 saturated heterocycles. The summed E-state index contributed by atoms with van der Waals surface area (Å²) in [5.74, 6) is 0.336. The number of hydrogen-bond donors (Lipinski definition) is 3. The molecule has 0 fully saturated rings. The lowest BCUT2D eigenvalue weighted by atomic mass is 9.87. The highest BCUT2D eigenvalue weighted by Gasteiger charge is 2.13. The van der Waals surface area contributed by atoms with Crippen molar-refractivity contribution in [2.45, 2.75) is 26.2 Å². The molecule has 2 rings (SSSR count). The summed E-state index contributed by atoms with van der Waals surface area (Å²) in [5.41, 5.74) is 7.38. The monoisotopic (exact) mass is 341 g/mol. The molecule has 0 bridgehead atoms. The largest absolute Gasteiger partial charge is 0.484 e. The average Bonchev–Trinajstić information content (AvgIpc) is 2.52. The van der Waals surface area contributed by atoms with E-state index in [1.54, 1.807) is 24.3 Å². The van der Waals surface area contributed by atoms with Crippen LogP contribution in [-0.4, -0.2) is 18.5 Å². The fourth-order valence-corrected chi connectivity index (χ4v) is 2.21. The van der Waals surface area contributed by atoms with E-state index in [9.17, 15) is 9.59 Å². The van der Waals surface area contributed by atoms with Crippen LogP contribution in [-0.2, 0) is 10.2 Å². The molecule has 0 aromatic heterocycles. The predicted octanol–water partition coefficient (Wildman–Crippen LogP) is 3.49. The first-order valence-corrected chi connectivity index (χ1v) is 7.94. The van der Waals surface area contributed by atoms with E-state index in [-0.39, 0.29) is 17.9 Å². The van der Waals surface area contributed by atoms with Crippen LogP contribution in [0.25, 0.3) is 0 Å². The van der Waals surface area contributed by atoms with Crippen molar-refractivity contribution in [3.63, 3.8) is 0 Å². The molecule has 0 aliphatic heterocycles. The maximum absolute atomic E-state index is 12.0. The minimum absolute atomic E-state index is 0.0693. The SMILES string of the molecule is CC(C)(C)c1ccc(OCC(=O)Nc2cccc(NC(N)=O)c2)cc1. The van der Waals surface area contributed by atoms with Crippen LogP contribution in [0, 0.1) is 0 Å². The Bertz CT molecular complexity index is 749. The number of primary amides is 1. The number of carbonyl (C=O) groups excluding carboxylic acids is 2. The third kappa shape index (κ3) is 5.84. The van der Waals surface area contributed by atoms with Gasteiger partial charge in [0.05, 0.1) is 0 Å². The van der Waals surface area contributed by atoms with E-state index >= 15 is 0 Å². The van der Waals surface area contributed by atoms with Crippen LogP contribution in [0.4, 0.5) is 16.2 Å². The van der Waals surface area contributed by atoms with Gasteiger partial charge in [-0.25, -0.2) is 4.79 Å². The Kier molecular flexibility index (Phi) is 5.64. The van der Waals surface area contributed by atoms with Crippen LogP contribution in [0.1, 0.15) is 26.3 Å². The second-order valence-corrected chi connectivity index (χ2v) is 6.68. The molecule has 0 spiro atoms. The van der Waals surface area contributed by atoms with Gasteiger partial charge in [-0.3, -0.25) is 4.79 Å². The van der Waals surface area contributed by atoms with Gasteiger partial charge in [0.15, 0.2) is 6.61 Å². The zero-order valence-electron chi connectivity index (χ0n) is 14.6. The fraction of sp³-hybridized carbons (Fsp3) is 0.263. The Morgan fingerprint density at radius 3 is 2.16 bits per heavy atom. The topological polar surface area (TPSA) is 93.4 Å². The summed E-state index contributed by atoms with van der Waals surface area (Å²) in [5, 5.41) is 5.16. The second kappa shape index (κ2) is 7.70. The zero-order chi connectivity index (χ0) is 18.4. The molecule has 2 aromatic carbocycles. The van der Waals surface area contributed by atoms with Gasteiger partial charge in [0.25, 0.3) is 5.91 Å². The second-order valence-electron chi connectivity index (χ2n) is 6.68. The molecule has 3 amide bonds. The van der Waals surface area contributed by atoms with E-state index in [2.05, 4.69) is 31.4 Å². The number of rotatable bonds is 5. The Hall–Kier alpha value is -3.02. The van der Waals surface area contributed by atoms with Crippen molar-refractivity contribution in [1.29, 1.82) is 0 Å². The van der Waals surface area contributed by atoms with E-state index < -0.39 is 6.03 Å². The Balaban J connectivity index is 1.89. The molecule has 6 nitrogen and oxygen atoms in total. The smallest absolute Gasteiger partial charge is 0.316 e. The van der Waals surface area contributed by atoms with E-state index in [1.165, 1.54) is 5.56 Å². The first-order chi connectivity index (χ1) is 11.7. The Labute approximate surface area is 147 Å². The molecule has 0 saturated carbocycles. The van der Waals surface area contributed by atoms with Crippen LogP contribution >= 0.6 is 0 Å². The van der Waals surface area contributed by atoms with Crippen molar-refractivity contribution >= 4 is 23.3 Å². The normalized spacial score (nSPS) is 10.8. The first-order valence-electron chi connectivity index (χ1n) is 7.94. The third-order valence-corrected chi connectivity index (χ3v) is 3.50. The molecule has 0 atom stereocenters. The van der Waals surface area contributed by atoms with Crippen molar-refractivity contribution in [3.8, 4) is 5.75 Å². The molecule has 25 heavy (non-hydrogen) atoms. The highest BCUT2D eigenvalue weighted by atomic mass is 16.5. The summed E-state index contributed by atoms with van der Waals surface area (Å²) in [7, 11) is 0. The number of carbonyl (C=O) groups is 2. The molecular formula is C19H23N3O3. The van der Waals surface area contributed by atoms with Gasteiger partial charge in [-0.15, -0.1) is 0 Å². The van der Waals surface area contributed by atoms with Crippen LogP contribution in [0.5, 0.6) is 5.75 Å². The molecule has 0 heterocycles. The van der Waals surface area contributed by atoms with E-state index in [0.717, 1.165) is 0 Å². The molecule has 0 aliphatic carbocycles. The number of anilines is 2. The molecule has 4 N–H and O–H groups in total. The van der Waals surface area contributed by atoms with Gasteiger partial charge in [-0.05, 0) is 41.3 Å². The van der Waals surface area contributed by atoms with Crippen LogP contribution in [0.2, 0.25) is 0 Å². The first kappa shape index (κ1) is 18.3. The summed E-state index contributed by atoms with van der Waals surface area (Å²) in [6.45, 7) is 6.30. The number of amides is 3. The quantitative estimate of drug-likeness (QED) is 0.777. The minimum Gasteiger partial charge on any atom is -0.484 e. The van der Waals surface area contributed by atoms with Gasteiger partial charge >= 0.3 is 6.03 Å². The maximum atomic E-state index is 12.0. The molecule has 6 heteroatoms. The third-order valence-electron chi connectivity index (χ3n) is 3.50. The number of nitrogens with one attached hydrogen (secondary N) is 2. The number of nitrogens with two attached hydrogens (primary N) is 1. The van der Waals surface area contributed by atoms with Gasteiger partial charge in [0, 0.05) is 11.4 Å². The number of benzene rings is 2. The lowest BCUT2D eigenvalue weighted by Crippen LogP contribution is -2.21. The van der Waals surface area contributed by atoms with Gasteiger partial charge < -0.3 is 21.1 Å². The van der Waals surface area contributed by atoms with E-state index in [4.69, 9.17) is 10.5 Å². The summed E-state index contributed by atoms with van der Waals surface area (Å²) in [4.78, 5) is 22.8. The summed E-state index contributed by atoms with van der Waals surface area (Å²) >= 11 is 0. The minimum atomic E-state index is -0.662. The zero-order valence-corrected chi connectivity index (χ0v) is 14.6. The maximum Gasteiger partial charge on any atom is 0.316 e. The van der Waals surface area contributed by atoms with Crippen molar-refractivity contribution in [2.75, 3.05) is 17.2 Å². The molecule has 132 valence electrons. The fourth-order valence-electron chi connectivity index (χ4n) is 2.21. The van der Waals surface area contributed by atoms with Crippen molar-refractivity contribution in [3.05, 3.63) is 54.1 Å². The number of ether oxygens (including phenoxy) is 1. The molecule has 0 aliphatic rings. The lowest BCUT2D eigenvalue weighted by molar-refractivity contribution is -0.118. The Morgan fingerprint density at radius 1 is 1.00 bits per heavy atom. The molecule has 2 aromatic rings. The summed E-state index contributed by atoms with van der Waals surface area (Å²) < 4.78 is 5.50. The summed E-state index contributed by atoms with van der Waals surface area (Å²) in [6, 6.07) is 13.7. The van der Waals surface area contributed by atoms with Crippen LogP contribution in [0.15, 0.2) is 48.5 Å².